The minimum Gasteiger partial charge on any atom is -0.465 e. The number of aromatic nitrogens is 2. The highest BCUT2D eigenvalue weighted by Crippen LogP contribution is 2.31. The number of ether oxygens (including phenoxy) is 1. The predicted octanol–water partition coefficient (Wildman–Crippen LogP) is 3.81. The van der Waals surface area contributed by atoms with E-state index in [-0.39, 0.29) is 0 Å². The van der Waals surface area contributed by atoms with E-state index in [1.54, 1.807) is 29.7 Å². The second-order valence-electron chi connectivity index (χ2n) is 4.30. The fourth-order valence-corrected chi connectivity index (χ4v) is 3.10. The Morgan fingerprint density at radius 3 is 2.85 bits per heavy atom. The third kappa shape index (κ3) is 2.09. The average molecular weight is 307 g/mol. The second kappa shape index (κ2) is 4.92. The Bertz CT molecular complexity index is 807. The number of halogens is 1. The largest absolute Gasteiger partial charge is 0.465 e. The summed E-state index contributed by atoms with van der Waals surface area (Å²) in [6.45, 7) is 2.04. The summed E-state index contributed by atoms with van der Waals surface area (Å²) < 4.78 is 6.59. The van der Waals surface area contributed by atoms with Crippen LogP contribution < -0.4 is 0 Å². The van der Waals surface area contributed by atoms with E-state index in [1.807, 2.05) is 23.5 Å². The van der Waals surface area contributed by atoms with Gasteiger partial charge in [-0.05, 0) is 31.2 Å². The molecule has 0 saturated carbocycles. The van der Waals surface area contributed by atoms with Gasteiger partial charge in [0.15, 0.2) is 11.0 Å². The number of carbonyl (C=O) groups is 1. The lowest BCUT2D eigenvalue weighted by Gasteiger charge is -2.02. The van der Waals surface area contributed by atoms with Crippen molar-refractivity contribution in [3.05, 3.63) is 46.1 Å². The molecule has 102 valence electrons. The molecule has 0 bridgehead atoms. The average Bonchev–Trinajstić information content (AvgIpc) is 3.02. The minimum atomic E-state index is -0.390. The maximum absolute atomic E-state index is 11.6. The highest BCUT2D eigenvalue weighted by molar-refractivity contribution is 7.15. The van der Waals surface area contributed by atoms with Crippen LogP contribution in [-0.4, -0.2) is 22.5 Å². The van der Waals surface area contributed by atoms with Gasteiger partial charge in [-0.2, -0.15) is 0 Å². The number of fused-ring (bicyclic) bond motifs is 1. The van der Waals surface area contributed by atoms with Crippen LogP contribution in [0.2, 0.25) is 5.15 Å². The molecule has 0 N–H and O–H groups in total. The first-order valence-electron chi connectivity index (χ1n) is 5.93. The standard InChI is InChI=1S/C14H11ClN2O2S/c1-8-3-4-11(20-8)13-16-12(15)10-7-9(14(18)19-2)5-6-17(10)13/h3-7H,1-2H3. The summed E-state index contributed by atoms with van der Waals surface area (Å²) in [6, 6.07) is 7.43. The lowest BCUT2D eigenvalue weighted by Crippen LogP contribution is -2.01. The number of thiophene rings is 1. The molecule has 0 amide bonds. The highest BCUT2D eigenvalue weighted by atomic mass is 35.5. The quantitative estimate of drug-likeness (QED) is 0.676. The van der Waals surface area contributed by atoms with Gasteiger partial charge >= 0.3 is 5.97 Å². The number of hydrogen-bond donors (Lipinski definition) is 0. The van der Waals surface area contributed by atoms with E-state index in [4.69, 9.17) is 16.3 Å². The van der Waals surface area contributed by atoms with Crippen molar-refractivity contribution in [2.75, 3.05) is 7.11 Å². The van der Waals surface area contributed by atoms with Crippen molar-refractivity contribution < 1.29 is 9.53 Å². The Hall–Kier alpha value is -1.85. The summed E-state index contributed by atoms with van der Waals surface area (Å²) in [7, 11) is 1.35. The van der Waals surface area contributed by atoms with Crippen molar-refractivity contribution in [1.29, 1.82) is 0 Å². The Labute approximate surface area is 124 Å². The third-order valence-corrected chi connectivity index (χ3v) is 4.26. The molecule has 0 aliphatic heterocycles. The predicted molar refractivity (Wildman–Crippen MR) is 79.6 cm³/mol. The molecule has 0 saturated heterocycles. The first-order chi connectivity index (χ1) is 9.60. The molecule has 0 aromatic carbocycles. The van der Waals surface area contributed by atoms with Gasteiger partial charge in [-0.25, -0.2) is 9.78 Å². The van der Waals surface area contributed by atoms with Gasteiger partial charge in [0.25, 0.3) is 0 Å². The summed E-state index contributed by atoms with van der Waals surface area (Å²) >= 11 is 7.83. The Morgan fingerprint density at radius 2 is 2.20 bits per heavy atom. The number of esters is 1. The van der Waals surface area contributed by atoms with E-state index >= 15 is 0 Å². The molecule has 3 heterocycles. The summed E-state index contributed by atoms with van der Waals surface area (Å²) in [4.78, 5) is 18.2. The van der Waals surface area contributed by atoms with Gasteiger partial charge in [-0.1, -0.05) is 11.6 Å². The molecule has 3 aromatic rings. The molecular weight excluding hydrogens is 296 g/mol. The minimum absolute atomic E-state index is 0.372. The van der Waals surface area contributed by atoms with E-state index in [2.05, 4.69) is 4.98 Å². The van der Waals surface area contributed by atoms with E-state index in [1.165, 1.54) is 12.0 Å². The molecule has 4 nitrogen and oxygen atoms in total. The lowest BCUT2D eigenvalue weighted by molar-refractivity contribution is 0.0601. The van der Waals surface area contributed by atoms with Crippen LogP contribution >= 0.6 is 22.9 Å². The van der Waals surface area contributed by atoms with Crippen LogP contribution in [0.4, 0.5) is 0 Å². The number of hydrogen-bond acceptors (Lipinski definition) is 4. The number of nitrogens with zero attached hydrogens (tertiary/aromatic N) is 2. The number of pyridine rings is 1. The number of rotatable bonds is 2. The summed E-state index contributed by atoms with van der Waals surface area (Å²) in [6.07, 6.45) is 1.78. The van der Waals surface area contributed by atoms with E-state index in [0.29, 0.717) is 16.2 Å². The van der Waals surface area contributed by atoms with Crippen LogP contribution in [0.1, 0.15) is 15.2 Å². The van der Waals surface area contributed by atoms with Crippen molar-refractivity contribution in [1.82, 2.24) is 9.38 Å². The van der Waals surface area contributed by atoms with Gasteiger partial charge in [0.05, 0.1) is 23.1 Å². The molecule has 0 atom stereocenters. The van der Waals surface area contributed by atoms with Crippen molar-refractivity contribution in [2.24, 2.45) is 0 Å². The van der Waals surface area contributed by atoms with Crippen LogP contribution in [0.25, 0.3) is 16.2 Å². The fourth-order valence-electron chi connectivity index (χ4n) is 2.02. The molecule has 20 heavy (non-hydrogen) atoms. The number of methoxy groups -OCH3 is 1. The van der Waals surface area contributed by atoms with Gasteiger partial charge in [-0.15, -0.1) is 11.3 Å². The summed E-state index contributed by atoms with van der Waals surface area (Å²) in [5.41, 5.74) is 1.14. The maximum atomic E-state index is 11.6. The van der Waals surface area contributed by atoms with Crippen molar-refractivity contribution in [3.8, 4) is 10.7 Å². The second-order valence-corrected chi connectivity index (χ2v) is 5.94. The van der Waals surface area contributed by atoms with Crippen molar-refractivity contribution in [3.63, 3.8) is 0 Å². The first kappa shape index (κ1) is 13.1. The molecule has 0 aliphatic rings. The van der Waals surface area contributed by atoms with E-state index < -0.39 is 5.97 Å². The summed E-state index contributed by atoms with van der Waals surface area (Å²) in [5, 5.41) is 0.372. The SMILES string of the molecule is COC(=O)c1ccn2c(-c3ccc(C)s3)nc(Cl)c2c1. The fraction of sp³-hybridized carbons (Fsp3) is 0.143. The Balaban J connectivity index is 2.19. The Morgan fingerprint density at radius 1 is 1.40 bits per heavy atom. The zero-order chi connectivity index (χ0) is 14.3. The van der Waals surface area contributed by atoms with Crippen LogP contribution in [0, 0.1) is 6.92 Å². The number of imidazole rings is 1. The smallest absolute Gasteiger partial charge is 0.337 e. The normalized spacial score (nSPS) is 10.9. The van der Waals surface area contributed by atoms with Gasteiger partial charge in [0.2, 0.25) is 0 Å². The van der Waals surface area contributed by atoms with Gasteiger partial charge in [-0.3, -0.25) is 4.40 Å². The van der Waals surface area contributed by atoms with Crippen LogP contribution in [0.5, 0.6) is 0 Å². The zero-order valence-electron chi connectivity index (χ0n) is 10.9. The lowest BCUT2D eigenvalue weighted by atomic mass is 10.2. The maximum Gasteiger partial charge on any atom is 0.337 e. The van der Waals surface area contributed by atoms with Gasteiger partial charge in [0.1, 0.15) is 0 Å². The molecule has 3 aromatic heterocycles. The van der Waals surface area contributed by atoms with Crippen molar-refractivity contribution >= 4 is 34.4 Å². The molecule has 0 aliphatic carbocycles. The molecule has 0 unspecified atom stereocenters. The van der Waals surface area contributed by atoms with Gasteiger partial charge in [0, 0.05) is 11.1 Å². The molecule has 3 rings (SSSR count). The first-order valence-corrected chi connectivity index (χ1v) is 7.12. The summed E-state index contributed by atoms with van der Waals surface area (Å²) in [5.74, 6) is 0.387. The van der Waals surface area contributed by atoms with E-state index in [9.17, 15) is 4.79 Å². The molecule has 0 fully saturated rings. The van der Waals surface area contributed by atoms with Crippen LogP contribution in [0.15, 0.2) is 30.5 Å². The number of aryl methyl sites for hydroxylation is 1. The number of carbonyl (C=O) groups excluding carboxylic acids is 1. The van der Waals surface area contributed by atoms with Crippen LogP contribution in [0.3, 0.4) is 0 Å². The van der Waals surface area contributed by atoms with Gasteiger partial charge < -0.3 is 4.74 Å². The van der Waals surface area contributed by atoms with E-state index in [0.717, 1.165) is 10.7 Å². The van der Waals surface area contributed by atoms with Crippen molar-refractivity contribution in [2.45, 2.75) is 6.92 Å². The zero-order valence-corrected chi connectivity index (χ0v) is 12.5. The monoisotopic (exact) mass is 306 g/mol. The Kier molecular flexibility index (Phi) is 3.23. The molecule has 0 radical (unpaired) electrons. The highest BCUT2D eigenvalue weighted by Gasteiger charge is 2.15. The van der Waals surface area contributed by atoms with Crippen LogP contribution in [-0.2, 0) is 4.74 Å². The molecular formula is C14H11ClN2O2S. The molecule has 0 spiro atoms. The molecule has 6 heteroatoms. The topological polar surface area (TPSA) is 43.6 Å². The third-order valence-electron chi connectivity index (χ3n) is 2.98.